The molecule has 0 radical (unpaired) electrons. The van der Waals surface area contributed by atoms with E-state index in [9.17, 15) is 14.9 Å². The summed E-state index contributed by atoms with van der Waals surface area (Å²) in [6.07, 6.45) is 1.20. The highest BCUT2D eigenvalue weighted by molar-refractivity contribution is 5.90. The third kappa shape index (κ3) is 2.53. The first kappa shape index (κ1) is 13.4. The zero-order chi connectivity index (χ0) is 14.7. The molecular formula is C12H9N3O5. The molecule has 0 spiro atoms. The van der Waals surface area contributed by atoms with Gasteiger partial charge in [-0.2, -0.15) is 5.10 Å². The molecule has 0 fully saturated rings. The highest BCUT2D eigenvalue weighted by Gasteiger charge is 2.21. The number of para-hydroxylation sites is 1. The van der Waals surface area contributed by atoms with Crippen molar-refractivity contribution in [2.75, 3.05) is 0 Å². The number of carboxylic acid groups (broad SMARTS) is 1. The molecule has 1 aromatic carbocycles. The molecule has 0 aliphatic rings. The molecule has 102 valence electrons. The minimum atomic E-state index is -1.26. The molecule has 0 atom stereocenters. The highest BCUT2D eigenvalue weighted by atomic mass is 16.6. The number of rotatable bonds is 4. The molecule has 8 heteroatoms. The van der Waals surface area contributed by atoms with E-state index >= 15 is 0 Å². The summed E-state index contributed by atoms with van der Waals surface area (Å²) in [6, 6.07) is 5.59. The Morgan fingerprint density at radius 1 is 1.40 bits per heavy atom. The Balaban J connectivity index is 2.51. The zero-order valence-electron chi connectivity index (χ0n) is 10.3. The lowest BCUT2D eigenvalue weighted by Crippen LogP contribution is -2.04. The van der Waals surface area contributed by atoms with Crippen molar-refractivity contribution in [3.05, 3.63) is 51.7 Å². The monoisotopic (exact) mass is 275 g/mol. The first-order valence-corrected chi connectivity index (χ1v) is 5.47. The van der Waals surface area contributed by atoms with Gasteiger partial charge in [0.2, 0.25) is 5.75 Å². The largest absolute Gasteiger partial charge is 0.477 e. The van der Waals surface area contributed by atoms with Crippen LogP contribution in [0.1, 0.15) is 15.9 Å². The molecule has 20 heavy (non-hydrogen) atoms. The van der Waals surface area contributed by atoms with Crippen LogP contribution in [0.25, 0.3) is 0 Å². The smallest absolute Gasteiger partial charge is 0.341 e. The van der Waals surface area contributed by atoms with Crippen molar-refractivity contribution in [1.82, 2.24) is 10.2 Å². The summed E-state index contributed by atoms with van der Waals surface area (Å²) in [7, 11) is 0. The van der Waals surface area contributed by atoms with Gasteiger partial charge in [0.1, 0.15) is 5.56 Å². The zero-order valence-corrected chi connectivity index (χ0v) is 10.3. The van der Waals surface area contributed by atoms with Crippen LogP contribution in [0.2, 0.25) is 0 Å². The minimum absolute atomic E-state index is 0.0551. The van der Waals surface area contributed by atoms with Crippen molar-refractivity contribution >= 4 is 11.7 Å². The number of aromatic nitrogens is 2. The summed E-state index contributed by atoms with van der Waals surface area (Å²) in [4.78, 5) is 21.4. The van der Waals surface area contributed by atoms with E-state index in [0.29, 0.717) is 5.56 Å². The molecule has 0 saturated carbocycles. The molecule has 0 amide bonds. The number of hydrogen-bond donors (Lipinski definition) is 1. The van der Waals surface area contributed by atoms with Gasteiger partial charge in [-0.15, -0.1) is 5.10 Å². The SMILES string of the molecule is Cc1cccc([N+](=O)[O-])c1Oc1nnccc1C(=O)O. The van der Waals surface area contributed by atoms with Crippen molar-refractivity contribution < 1.29 is 19.6 Å². The fraction of sp³-hybridized carbons (Fsp3) is 0.0833. The van der Waals surface area contributed by atoms with Gasteiger partial charge in [0.15, 0.2) is 0 Å². The molecule has 2 aromatic rings. The van der Waals surface area contributed by atoms with Crippen molar-refractivity contribution in [3.63, 3.8) is 0 Å². The molecular weight excluding hydrogens is 266 g/mol. The lowest BCUT2D eigenvalue weighted by Gasteiger charge is -2.09. The standard InChI is InChI=1S/C12H9N3O5/c1-7-3-2-4-9(15(18)19)10(7)20-11-8(12(16)17)5-6-13-14-11/h2-6H,1H3,(H,16,17). The fourth-order valence-electron chi connectivity index (χ4n) is 1.57. The van der Waals surface area contributed by atoms with E-state index < -0.39 is 10.9 Å². The lowest BCUT2D eigenvalue weighted by atomic mass is 10.2. The Morgan fingerprint density at radius 2 is 2.15 bits per heavy atom. The topological polar surface area (TPSA) is 115 Å². The Hall–Kier alpha value is -3.03. The van der Waals surface area contributed by atoms with Crippen LogP contribution >= 0.6 is 0 Å². The van der Waals surface area contributed by atoms with Gasteiger partial charge in [0.05, 0.1) is 11.1 Å². The number of nitro benzene ring substituents is 1. The third-order valence-electron chi connectivity index (χ3n) is 2.50. The van der Waals surface area contributed by atoms with Crippen LogP contribution in [0, 0.1) is 17.0 Å². The molecule has 2 rings (SSSR count). The number of benzene rings is 1. The minimum Gasteiger partial charge on any atom is -0.477 e. The van der Waals surface area contributed by atoms with Crippen LogP contribution < -0.4 is 4.74 Å². The van der Waals surface area contributed by atoms with Crippen molar-refractivity contribution in [3.8, 4) is 11.6 Å². The second-order valence-electron chi connectivity index (χ2n) is 3.84. The highest BCUT2D eigenvalue weighted by Crippen LogP contribution is 2.34. The first-order valence-electron chi connectivity index (χ1n) is 5.47. The summed E-state index contributed by atoms with van der Waals surface area (Å²) < 4.78 is 5.30. The Kier molecular flexibility index (Phi) is 3.56. The van der Waals surface area contributed by atoms with E-state index in [0.717, 1.165) is 0 Å². The molecule has 0 unspecified atom stereocenters. The predicted molar refractivity (Wildman–Crippen MR) is 66.9 cm³/mol. The van der Waals surface area contributed by atoms with E-state index in [-0.39, 0.29) is 22.9 Å². The first-order chi connectivity index (χ1) is 9.50. The van der Waals surface area contributed by atoms with Gasteiger partial charge in [-0.25, -0.2) is 4.79 Å². The molecule has 0 aliphatic carbocycles. The van der Waals surface area contributed by atoms with Crippen LogP contribution in [0.15, 0.2) is 30.5 Å². The Bertz CT molecular complexity index is 687. The van der Waals surface area contributed by atoms with E-state index in [1.807, 2.05) is 0 Å². The number of carboxylic acids is 1. The Labute approximate surface area is 112 Å². The summed E-state index contributed by atoms with van der Waals surface area (Å²) in [5.41, 5.74) is -0.00858. The number of nitrogens with zero attached hydrogens (tertiary/aromatic N) is 3. The number of ether oxygens (including phenoxy) is 1. The molecule has 1 heterocycles. The van der Waals surface area contributed by atoms with Gasteiger partial charge in [0.25, 0.3) is 5.88 Å². The van der Waals surface area contributed by atoms with Crippen molar-refractivity contribution in [2.24, 2.45) is 0 Å². The van der Waals surface area contributed by atoms with Gasteiger partial charge < -0.3 is 9.84 Å². The molecule has 1 aromatic heterocycles. The molecule has 1 N–H and O–H groups in total. The van der Waals surface area contributed by atoms with E-state index in [4.69, 9.17) is 9.84 Å². The maximum Gasteiger partial charge on any atom is 0.341 e. The van der Waals surface area contributed by atoms with Crippen molar-refractivity contribution in [2.45, 2.75) is 6.92 Å². The third-order valence-corrected chi connectivity index (χ3v) is 2.50. The molecule has 0 aliphatic heterocycles. The molecule has 0 bridgehead atoms. The van der Waals surface area contributed by atoms with Gasteiger partial charge >= 0.3 is 11.7 Å². The lowest BCUT2D eigenvalue weighted by molar-refractivity contribution is -0.385. The average Bonchev–Trinajstić information content (AvgIpc) is 2.41. The summed E-state index contributed by atoms with van der Waals surface area (Å²) in [6.45, 7) is 1.61. The maximum absolute atomic E-state index is 11.0. The number of aromatic carboxylic acids is 1. The Morgan fingerprint density at radius 3 is 2.80 bits per heavy atom. The average molecular weight is 275 g/mol. The van der Waals surface area contributed by atoms with Crippen LogP contribution in [-0.2, 0) is 0 Å². The summed E-state index contributed by atoms with van der Waals surface area (Å²) in [5, 5.41) is 27.0. The summed E-state index contributed by atoms with van der Waals surface area (Å²) in [5.74, 6) is -1.61. The molecule has 8 nitrogen and oxygen atoms in total. The second-order valence-corrected chi connectivity index (χ2v) is 3.84. The number of aryl methyl sites for hydroxylation is 1. The van der Waals surface area contributed by atoms with Crippen LogP contribution in [-0.4, -0.2) is 26.2 Å². The van der Waals surface area contributed by atoms with E-state index in [2.05, 4.69) is 10.2 Å². The summed E-state index contributed by atoms with van der Waals surface area (Å²) >= 11 is 0. The second kappa shape index (κ2) is 5.31. The maximum atomic E-state index is 11.0. The molecule has 0 saturated heterocycles. The normalized spacial score (nSPS) is 10.1. The van der Waals surface area contributed by atoms with Gasteiger partial charge in [0, 0.05) is 6.07 Å². The van der Waals surface area contributed by atoms with Crippen LogP contribution in [0.4, 0.5) is 5.69 Å². The van der Waals surface area contributed by atoms with E-state index in [1.54, 1.807) is 13.0 Å². The van der Waals surface area contributed by atoms with Gasteiger partial charge in [-0.3, -0.25) is 10.1 Å². The number of carbonyl (C=O) groups is 1. The van der Waals surface area contributed by atoms with Crippen LogP contribution in [0.5, 0.6) is 11.6 Å². The van der Waals surface area contributed by atoms with Gasteiger partial charge in [-0.05, 0) is 18.6 Å². The van der Waals surface area contributed by atoms with Gasteiger partial charge in [-0.1, -0.05) is 12.1 Å². The number of hydrogen-bond acceptors (Lipinski definition) is 6. The van der Waals surface area contributed by atoms with Crippen LogP contribution in [0.3, 0.4) is 0 Å². The van der Waals surface area contributed by atoms with E-state index in [1.165, 1.54) is 24.4 Å². The van der Waals surface area contributed by atoms with Crippen molar-refractivity contribution in [1.29, 1.82) is 0 Å². The number of nitro groups is 1. The predicted octanol–water partition coefficient (Wildman–Crippen LogP) is 2.18. The fourth-order valence-corrected chi connectivity index (χ4v) is 1.57. The quantitative estimate of drug-likeness (QED) is 0.671.